The Kier molecular flexibility index (Phi) is 6.09. The van der Waals surface area contributed by atoms with Crippen molar-refractivity contribution in [2.75, 3.05) is 13.2 Å². The standard InChI is InChI=1S/C19H23NO5/c1-4-14(21)11-25-19(24)13-7-8-15-16(10-13)18(23)20(17(15)22)9-5-6-12(2)3/h6-8,10,14,21H,4-5,9,11H2,1-3H3. The van der Waals surface area contributed by atoms with Gasteiger partial charge in [-0.25, -0.2) is 4.79 Å². The molecule has 0 aromatic heterocycles. The molecule has 1 atom stereocenters. The minimum absolute atomic E-state index is 0.103. The molecule has 25 heavy (non-hydrogen) atoms. The molecule has 0 saturated heterocycles. The van der Waals surface area contributed by atoms with E-state index in [0.29, 0.717) is 24.9 Å². The van der Waals surface area contributed by atoms with Crippen molar-refractivity contribution in [2.45, 2.75) is 39.7 Å². The number of rotatable bonds is 7. The summed E-state index contributed by atoms with van der Waals surface area (Å²) >= 11 is 0. The van der Waals surface area contributed by atoms with Gasteiger partial charge in [-0.1, -0.05) is 18.6 Å². The van der Waals surface area contributed by atoms with Gasteiger partial charge in [0.15, 0.2) is 0 Å². The van der Waals surface area contributed by atoms with Gasteiger partial charge in [-0.05, 0) is 44.9 Å². The lowest BCUT2D eigenvalue weighted by Crippen LogP contribution is -2.30. The number of nitrogens with zero attached hydrogens (tertiary/aromatic N) is 1. The minimum atomic E-state index is -0.716. The van der Waals surface area contributed by atoms with Crippen LogP contribution in [0.3, 0.4) is 0 Å². The van der Waals surface area contributed by atoms with Crippen molar-refractivity contribution in [1.82, 2.24) is 4.90 Å². The number of ether oxygens (including phenoxy) is 1. The maximum absolute atomic E-state index is 12.5. The van der Waals surface area contributed by atoms with Crippen molar-refractivity contribution in [1.29, 1.82) is 0 Å². The smallest absolute Gasteiger partial charge is 0.338 e. The highest BCUT2D eigenvalue weighted by Gasteiger charge is 2.35. The highest BCUT2D eigenvalue weighted by Crippen LogP contribution is 2.24. The second kappa shape index (κ2) is 8.07. The molecule has 1 aliphatic rings. The number of esters is 1. The van der Waals surface area contributed by atoms with E-state index in [1.54, 1.807) is 6.92 Å². The van der Waals surface area contributed by atoms with Crippen LogP contribution in [0.5, 0.6) is 0 Å². The average Bonchev–Trinajstić information content (AvgIpc) is 2.83. The Hall–Kier alpha value is -2.47. The fraction of sp³-hybridized carbons (Fsp3) is 0.421. The Morgan fingerprint density at radius 2 is 1.92 bits per heavy atom. The summed E-state index contributed by atoms with van der Waals surface area (Å²) in [6, 6.07) is 4.32. The molecule has 0 fully saturated rings. The molecule has 6 nitrogen and oxygen atoms in total. The predicted molar refractivity (Wildman–Crippen MR) is 92.4 cm³/mol. The van der Waals surface area contributed by atoms with Crippen LogP contribution in [0.25, 0.3) is 0 Å². The molecular weight excluding hydrogens is 322 g/mol. The summed E-state index contributed by atoms with van der Waals surface area (Å²) in [5, 5.41) is 9.45. The Morgan fingerprint density at radius 1 is 1.24 bits per heavy atom. The zero-order valence-electron chi connectivity index (χ0n) is 14.7. The van der Waals surface area contributed by atoms with E-state index in [2.05, 4.69) is 0 Å². The Labute approximate surface area is 147 Å². The number of amides is 2. The highest BCUT2D eigenvalue weighted by molar-refractivity contribution is 6.21. The number of aliphatic hydroxyl groups excluding tert-OH is 1. The number of aliphatic hydroxyl groups is 1. The molecule has 1 aromatic carbocycles. The molecule has 1 aliphatic heterocycles. The van der Waals surface area contributed by atoms with E-state index in [1.165, 1.54) is 23.1 Å². The van der Waals surface area contributed by atoms with Crippen molar-refractivity contribution in [3.8, 4) is 0 Å². The van der Waals surface area contributed by atoms with E-state index in [-0.39, 0.29) is 23.6 Å². The maximum Gasteiger partial charge on any atom is 0.338 e. The number of carbonyl (C=O) groups excluding carboxylic acids is 3. The lowest BCUT2D eigenvalue weighted by atomic mass is 10.1. The van der Waals surface area contributed by atoms with E-state index in [9.17, 15) is 19.5 Å². The largest absolute Gasteiger partial charge is 0.459 e. The third kappa shape index (κ3) is 4.33. The van der Waals surface area contributed by atoms with Crippen molar-refractivity contribution in [3.63, 3.8) is 0 Å². The number of allylic oxidation sites excluding steroid dienone is 1. The van der Waals surface area contributed by atoms with Gasteiger partial charge in [0.2, 0.25) is 0 Å². The third-order valence-corrected chi connectivity index (χ3v) is 3.99. The number of imide groups is 1. The van der Waals surface area contributed by atoms with Gasteiger partial charge in [0, 0.05) is 6.54 Å². The van der Waals surface area contributed by atoms with Crippen LogP contribution in [0.2, 0.25) is 0 Å². The van der Waals surface area contributed by atoms with Crippen LogP contribution in [0.15, 0.2) is 29.8 Å². The van der Waals surface area contributed by atoms with Gasteiger partial charge in [-0.15, -0.1) is 0 Å². The van der Waals surface area contributed by atoms with Gasteiger partial charge in [0.25, 0.3) is 11.8 Å². The lowest BCUT2D eigenvalue weighted by Gasteiger charge is -2.12. The highest BCUT2D eigenvalue weighted by atomic mass is 16.5. The summed E-state index contributed by atoms with van der Waals surface area (Å²) in [6.07, 6.45) is 2.32. The average molecular weight is 345 g/mol. The maximum atomic E-state index is 12.5. The molecule has 0 radical (unpaired) electrons. The van der Waals surface area contributed by atoms with Crippen LogP contribution < -0.4 is 0 Å². The quantitative estimate of drug-likeness (QED) is 0.466. The van der Waals surface area contributed by atoms with Crippen molar-refractivity contribution < 1.29 is 24.2 Å². The first-order chi connectivity index (χ1) is 11.8. The normalized spacial score (nSPS) is 14.3. The molecule has 1 heterocycles. The molecule has 1 aromatic rings. The second-order valence-corrected chi connectivity index (χ2v) is 6.25. The minimum Gasteiger partial charge on any atom is -0.459 e. The first-order valence-corrected chi connectivity index (χ1v) is 8.34. The van der Waals surface area contributed by atoms with Crippen molar-refractivity contribution in [3.05, 3.63) is 46.5 Å². The van der Waals surface area contributed by atoms with Crippen LogP contribution in [-0.4, -0.2) is 47.0 Å². The van der Waals surface area contributed by atoms with Crippen LogP contribution in [0, 0.1) is 0 Å². The van der Waals surface area contributed by atoms with Gasteiger partial charge in [-0.2, -0.15) is 0 Å². The van der Waals surface area contributed by atoms with Gasteiger partial charge in [-0.3, -0.25) is 14.5 Å². The van der Waals surface area contributed by atoms with Crippen LogP contribution in [0.4, 0.5) is 0 Å². The fourth-order valence-electron chi connectivity index (χ4n) is 2.48. The van der Waals surface area contributed by atoms with Gasteiger partial charge < -0.3 is 9.84 Å². The lowest BCUT2D eigenvalue weighted by molar-refractivity contribution is 0.0250. The molecule has 1 unspecified atom stereocenters. The molecule has 0 aliphatic carbocycles. The van der Waals surface area contributed by atoms with Crippen LogP contribution >= 0.6 is 0 Å². The van der Waals surface area contributed by atoms with E-state index in [4.69, 9.17) is 4.74 Å². The zero-order chi connectivity index (χ0) is 18.6. The molecule has 1 N–H and O–H groups in total. The summed E-state index contributed by atoms with van der Waals surface area (Å²) < 4.78 is 5.01. The van der Waals surface area contributed by atoms with Gasteiger partial charge in [0.05, 0.1) is 22.8 Å². The molecule has 0 bridgehead atoms. The summed E-state index contributed by atoms with van der Waals surface area (Å²) in [4.78, 5) is 38.0. The predicted octanol–water partition coefficient (Wildman–Crippen LogP) is 2.57. The molecule has 0 spiro atoms. The van der Waals surface area contributed by atoms with Crippen molar-refractivity contribution in [2.24, 2.45) is 0 Å². The number of benzene rings is 1. The van der Waals surface area contributed by atoms with E-state index < -0.39 is 18.0 Å². The molecule has 2 amide bonds. The van der Waals surface area contributed by atoms with Crippen molar-refractivity contribution >= 4 is 17.8 Å². The van der Waals surface area contributed by atoms with Crippen LogP contribution in [-0.2, 0) is 4.74 Å². The van der Waals surface area contributed by atoms with Gasteiger partial charge in [0.1, 0.15) is 6.61 Å². The summed E-state index contributed by atoms with van der Waals surface area (Å²) in [5.74, 6) is -1.37. The number of fused-ring (bicyclic) bond motifs is 1. The summed E-state index contributed by atoms with van der Waals surface area (Å²) in [6.45, 7) is 5.89. The Morgan fingerprint density at radius 3 is 2.56 bits per heavy atom. The molecule has 2 rings (SSSR count). The van der Waals surface area contributed by atoms with Gasteiger partial charge >= 0.3 is 5.97 Å². The zero-order valence-corrected chi connectivity index (χ0v) is 14.7. The molecule has 134 valence electrons. The molecule has 0 saturated carbocycles. The Bertz CT molecular complexity index is 719. The number of hydrogen-bond donors (Lipinski definition) is 1. The number of hydrogen-bond acceptors (Lipinski definition) is 5. The van der Waals surface area contributed by atoms with E-state index in [1.807, 2.05) is 19.9 Å². The molecular formula is C19H23NO5. The topological polar surface area (TPSA) is 83.9 Å². The molecule has 6 heteroatoms. The SMILES string of the molecule is CCC(O)COC(=O)c1ccc2c(c1)C(=O)N(CCC=C(C)C)C2=O. The summed E-state index contributed by atoms with van der Waals surface area (Å²) in [7, 11) is 0. The van der Waals surface area contributed by atoms with E-state index >= 15 is 0 Å². The van der Waals surface area contributed by atoms with Crippen LogP contribution in [0.1, 0.15) is 64.7 Å². The van der Waals surface area contributed by atoms with E-state index in [0.717, 1.165) is 5.57 Å². The number of carbonyl (C=O) groups is 3. The monoisotopic (exact) mass is 345 g/mol. The third-order valence-electron chi connectivity index (χ3n) is 3.99. The Balaban J connectivity index is 2.12. The fourth-order valence-corrected chi connectivity index (χ4v) is 2.48. The first-order valence-electron chi connectivity index (χ1n) is 8.34. The second-order valence-electron chi connectivity index (χ2n) is 6.25. The first kappa shape index (κ1) is 18.9. The summed E-state index contributed by atoms with van der Waals surface area (Å²) in [5.41, 5.74) is 1.82.